The molecule has 3 atom stereocenters. The Balaban J connectivity index is 2.19. The molecule has 1 heteroatoms. The van der Waals surface area contributed by atoms with Crippen LogP contribution in [-0.2, 0) is 0 Å². The number of hydrogen-bond donors (Lipinski definition) is 1. The molecule has 0 aliphatic heterocycles. The predicted octanol–water partition coefficient (Wildman–Crippen LogP) is 2.20. The zero-order valence-corrected chi connectivity index (χ0v) is 8.56. The molecule has 0 aromatic heterocycles. The number of rotatable bonds is 1. The van der Waals surface area contributed by atoms with Crippen LogP contribution in [0.4, 0.5) is 0 Å². The fraction of sp³-hybridized carbons (Fsp3) is 0.833. The SMILES string of the molecule is C[C@@]12CCC#CCC[C@]1(C)C2CO. The van der Waals surface area contributed by atoms with Gasteiger partial charge in [0.15, 0.2) is 0 Å². The lowest BCUT2D eigenvalue weighted by atomic mass is 9.87. The van der Waals surface area contributed by atoms with Crippen molar-refractivity contribution < 1.29 is 5.11 Å². The van der Waals surface area contributed by atoms with Crippen molar-refractivity contribution in [2.75, 3.05) is 6.61 Å². The maximum Gasteiger partial charge on any atom is 0.0470 e. The first-order valence-electron chi connectivity index (χ1n) is 5.22. The van der Waals surface area contributed by atoms with Gasteiger partial charge in [-0.1, -0.05) is 13.8 Å². The molecule has 0 aromatic carbocycles. The summed E-state index contributed by atoms with van der Waals surface area (Å²) in [4.78, 5) is 0. The van der Waals surface area contributed by atoms with Crippen molar-refractivity contribution in [2.24, 2.45) is 16.7 Å². The van der Waals surface area contributed by atoms with Gasteiger partial charge in [0.1, 0.15) is 0 Å². The van der Waals surface area contributed by atoms with E-state index in [9.17, 15) is 5.11 Å². The summed E-state index contributed by atoms with van der Waals surface area (Å²) in [7, 11) is 0. The maximum absolute atomic E-state index is 9.31. The van der Waals surface area contributed by atoms with E-state index in [4.69, 9.17) is 0 Å². The lowest BCUT2D eigenvalue weighted by molar-refractivity contribution is 0.244. The summed E-state index contributed by atoms with van der Waals surface area (Å²) < 4.78 is 0. The summed E-state index contributed by atoms with van der Waals surface area (Å²) in [6.07, 6.45) is 4.37. The maximum atomic E-state index is 9.31. The molecule has 1 nitrogen and oxygen atoms in total. The minimum Gasteiger partial charge on any atom is -0.396 e. The van der Waals surface area contributed by atoms with Crippen LogP contribution in [0.3, 0.4) is 0 Å². The second-order valence-electron chi connectivity index (χ2n) is 4.92. The minimum absolute atomic E-state index is 0.354. The molecule has 0 heterocycles. The largest absolute Gasteiger partial charge is 0.396 e. The van der Waals surface area contributed by atoms with E-state index in [2.05, 4.69) is 25.7 Å². The Morgan fingerprint density at radius 3 is 2.00 bits per heavy atom. The third kappa shape index (κ3) is 1.05. The van der Waals surface area contributed by atoms with Crippen molar-refractivity contribution in [3.05, 3.63) is 0 Å². The van der Waals surface area contributed by atoms with Crippen molar-refractivity contribution >= 4 is 0 Å². The van der Waals surface area contributed by atoms with E-state index in [1.807, 2.05) is 0 Å². The van der Waals surface area contributed by atoms with Crippen molar-refractivity contribution in [1.82, 2.24) is 0 Å². The van der Waals surface area contributed by atoms with Crippen molar-refractivity contribution in [3.8, 4) is 11.8 Å². The van der Waals surface area contributed by atoms with Gasteiger partial charge in [-0.3, -0.25) is 0 Å². The van der Waals surface area contributed by atoms with Gasteiger partial charge in [-0.05, 0) is 29.6 Å². The second-order valence-corrected chi connectivity index (χ2v) is 4.92. The minimum atomic E-state index is 0.354. The average Bonchev–Trinajstić information content (AvgIpc) is 2.51. The fourth-order valence-electron chi connectivity index (χ4n) is 3.22. The zero-order chi connectivity index (χ0) is 9.53. The second kappa shape index (κ2) is 2.75. The van der Waals surface area contributed by atoms with Gasteiger partial charge in [0, 0.05) is 19.4 Å². The van der Waals surface area contributed by atoms with Gasteiger partial charge in [0.25, 0.3) is 0 Å². The first-order chi connectivity index (χ1) is 6.15. The Kier molecular flexibility index (Phi) is 1.92. The van der Waals surface area contributed by atoms with Gasteiger partial charge in [-0.25, -0.2) is 0 Å². The Morgan fingerprint density at radius 1 is 1.15 bits per heavy atom. The monoisotopic (exact) mass is 178 g/mol. The van der Waals surface area contributed by atoms with Crippen LogP contribution in [-0.4, -0.2) is 11.7 Å². The molecule has 0 bridgehead atoms. The van der Waals surface area contributed by atoms with Gasteiger partial charge in [0.05, 0.1) is 0 Å². The smallest absolute Gasteiger partial charge is 0.0470 e. The molecule has 1 N–H and O–H groups in total. The van der Waals surface area contributed by atoms with Crippen molar-refractivity contribution in [2.45, 2.75) is 39.5 Å². The van der Waals surface area contributed by atoms with E-state index < -0.39 is 0 Å². The molecule has 1 unspecified atom stereocenters. The molecule has 1 fully saturated rings. The van der Waals surface area contributed by atoms with Crippen molar-refractivity contribution in [1.29, 1.82) is 0 Å². The van der Waals surface area contributed by atoms with Gasteiger partial charge >= 0.3 is 0 Å². The van der Waals surface area contributed by atoms with Crippen LogP contribution in [0, 0.1) is 28.6 Å². The average molecular weight is 178 g/mol. The molecule has 0 spiro atoms. The van der Waals surface area contributed by atoms with Gasteiger partial charge in [0.2, 0.25) is 0 Å². The van der Waals surface area contributed by atoms with Crippen LogP contribution in [0.2, 0.25) is 0 Å². The number of aliphatic hydroxyl groups excluding tert-OH is 1. The Hall–Kier alpha value is -0.480. The molecule has 0 amide bonds. The highest BCUT2D eigenvalue weighted by Gasteiger charge is 2.68. The predicted molar refractivity (Wildman–Crippen MR) is 53.0 cm³/mol. The number of fused-ring (bicyclic) bond motifs is 1. The summed E-state index contributed by atoms with van der Waals surface area (Å²) >= 11 is 0. The molecule has 0 aromatic rings. The third-order valence-electron chi connectivity index (χ3n) is 4.61. The third-order valence-corrected chi connectivity index (χ3v) is 4.61. The molecule has 2 aliphatic rings. The van der Waals surface area contributed by atoms with E-state index in [0.29, 0.717) is 23.4 Å². The quantitative estimate of drug-likeness (QED) is 0.610. The zero-order valence-electron chi connectivity index (χ0n) is 8.56. The summed E-state index contributed by atoms with van der Waals surface area (Å²) in [6, 6.07) is 0. The molecule has 0 saturated heterocycles. The molecule has 2 rings (SSSR count). The lowest BCUT2D eigenvalue weighted by Crippen LogP contribution is -2.08. The van der Waals surface area contributed by atoms with Crippen LogP contribution < -0.4 is 0 Å². The van der Waals surface area contributed by atoms with E-state index in [1.54, 1.807) is 0 Å². The van der Waals surface area contributed by atoms with Gasteiger partial charge in [-0.2, -0.15) is 0 Å². The van der Waals surface area contributed by atoms with Crippen LogP contribution in [0.5, 0.6) is 0 Å². The molecule has 0 radical (unpaired) electrons. The normalized spacial score (nSPS) is 48.1. The summed E-state index contributed by atoms with van der Waals surface area (Å²) in [6.45, 7) is 4.99. The highest BCUT2D eigenvalue weighted by molar-refractivity contribution is 5.20. The Morgan fingerprint density at radius 2 is 1.62 bits per heavy atom. The standard InChI is InChI=1S/C12H18O/c1-11-7-5-3-4-6-8-12(11,2)10(11)9-13/h10,13H,5-9H2,1-2H3/t10?,11-,12+. The molecule has 2 aliphatic carbocycles. The fourth-order valence-corrected chi connectivity index (χ4v) is 3.22. The highest BCUT2D eigenvalue weighted by Crippen LogP contribution is 2.73. The molecule has 1 saturated carbocycles. The van der Waals surface area contributed by atoms with E-state index in [0.717, 1.165) is 12.8 Å². The van der Waals surface area contributed by atoms with E-state index in [1.165, 1.54) is 12.8 Å². The van der Waals surface area contributed by atoms with Crippen LogP contribution in [0.25, 0.3) is 0 Å². The van der Waals surface area contributed by atoms with Gasteiger partial charge < -0.3 is 5.11 Å². The molecular weight excluding hydrogens is 160 g/mol. The molecule has 13 heavy (non-hydrogen) atoms. The summed E-state index contributed by atoms with van der Waals surface area (Å²) in [5, 5.41) is 9.31. The highest BCUT2D eigenvalue weighted by atomic mass is 16.3. The summed E-state index contributed by atoms with van der Waals surface area (Å²) in [5.74, 6) is 6.91. The molecule has 72 valence electrons. The molecular formula is C12H18O. The first kappa shape index (κ1) is 9.09. The van der Waals surface area contributed by atoms with Crippen molar-refractivity contribution in [3.63, 3.8) is 0 Å². The van der Waals surface area contributed by atoms with E-state index >= 15 is 0 Å². The van der Waals surface area contributed by atoms with Crippen LogP contribution in [0.1, 0.15) is 39.5 Å². The van der Waals surface area contributed by atoms with Gasteiger partial charge in [-0.15, -0.1) is 11.8 Å². The lowest BCUT2D eigenvalue weighted by Gasteiger charge is -2.17. The summed E-state index contributed by atoms with van der Waals surface area (Å²) in [5.41, 5.74) is 0.744. The first-order valence-corrected chi connectivity index (χ1v) is 5.22. The topological polar surface area (TPSA) is 20.2 Å². The number of aliphatic hydroxyl groups is 1. The van der Waals surface area contributed by atoms with E-state index in [-0.39, 0.29) is 0 Å². The number of hydrogen-bond acceptors (Lipinski definition) is 1. The van der Waals surface area contributed by atoms with Crippen LogP contribution in [0.15, 0.2) is 0 Å². The van der Waals surface area contributed by atoms with Crippen LogP contribution >= 0.6 is 0 Å². The Labute approximate surface area is 80.5 Å². The Bertz CT molecular complexity index is 249.